The Morgan fingerprint density at radius 2 is 2.19 bits per heavy atom. The summed E-state index contributed by atoms with van der Waals surface area (Å²) < 4.78 is 0. The summed E-state index contributed by atoms with van der Waals surface area (Å²) >= 11 is 6.16. The molecule has 2 aromatic rings. The molecular weight excluding hydrogens is 286 g/mol. The van der Waals surface area contributed by atoms with E-state index in [0.29, 0.717) is 10.7 Å². The molecule has 1 aromatic heterocycles. The lowest BCUT2D eigenvalue weighted by molar-refractivity contribution is -0.120. The highest BCUT2D eigenvalue weighted by atomic mass is 35.5. The van der Waals surface area contributed by atoms with Gasteiger partial charge in [0.2, 0.25) is 5.91 Å². The first-order valence-electron chi connectivity index (χ1n) is 7.25. The SMILES string of the molecule is NC1CCCC(C(=O)Nc2ccc(Cl)c3cccnc23)C1. The van der Waals surface area contributed by atoms with Crippen molar-refractivity contribution in [3.63, 3.8) is 0 Å². The van der Waals surface area contributed by atoms with Gasteiger partial charge in [-0.2, -0.15) is 0 Å². The number of aromatic nitrogens is 1. The number of rotatable bonds is 2. The van der Waals surface area contributed by atoms with E-state index >= 15 is 0 Å². The average molecular weight is 304 g/mol. The van der Waals surface area contributed by atoms with Crippen LogP contribution in [-0.4, -0.2) is 16.9 Å². The van der Waals surface area contributed by atoms with Crippen LogP contribution in [0, 0.1) is 5.92 Å². The van der Waals surface area contributed by atoms with E-state index in [9.17, 15) is 4.79 Å². The van der Waals surface area contributed by atoms with Crippen LogP contribution in [-0.2, 0) is 4.79 Å². The number of carbonyl (C=O) groups is 1. The number of fused-ring (bicyclic) bond motifs is 1. The first-order chi connectivity index (χ1) is 10.1. The van der Waals surface area contributed by atoms with Crippen LogP contribution >= 0.6 is 11.6 Å². The number of nitrogens with one attached hydrogen (secondary N) is 1. The van der Waals surface area contributed by atoms with Gasteiger partial charge in [0.15, 0.2) is 0 Å². The van der Waals surface area contributed by atoms with E-state index in [0.717, 1.165) is 36.6 Å². The molecule has 1 fully saturated rings. The van der Waals surface area contributed by atoms with E-state index in [1.807, 2.05) is 12.1 Å². The molecule has 0 saturated heterocycles. The normalized spacial score (nSPS) is 22.2. The molecule has 1 aromatic carbocycles. The Balaban J connectivity index is 1.85. The number of benzene rings is 1. The molecular formula is C16H18ClN3O. The molecule has 2 atom stereocenters. The largest absolute Gasteiger partial charge is 0.328 e. The number of carbonyl (C=O) groups excluding carboxylic acids is 1. The Hall–Kier alpha value is -1.65. The molecule has 5 heteroatoms. The van der Waals surface area contributed by atoms with Gasteiger partial charge in [0.1, 0.15) is 0 Å². The summed E-state index contributed by atoms with van der Waals surface area (Å²) in [5, 5.41) is 4.47. The highest BCUT2D eigenvalue weighted by molar-refractivity contribution is 6.35. The van der Waals surface area contributed by atoms with Crippen molar-refractivity contribution in [2.24, 2.45) is 11.7 Å². The molecule has 0 bridgehead atoms. The standard InChI is InChI=1S/C16H18ClN3O/c17-13-6-7-14(15-12(13)5-2-8-19-15)20-16(21)10-3-1-4-11(18)9-10/h2,5-8,10-11H,1,3-4,9,18H2,(H,20,21). The van der Waals surface area contributed by atoms with E-state index in [2.05, 4.69) is 10.3 Å². The van der Waals surface area contributed by atoms with Gasteiger partial charge >= 0.3 is 0 Å². The predicted octanol–water partition coefficient (Wildman–Crippen LogP) is 3.34. The molecule has 4 nitrogen and oxygen atoms in total. The lowest BCUT2D eigenvalue weighted by atomic mass is 9.85. The fourth-order valence-electron chi connectivity index (χ4n) is 2.94. The first-order valence-corrected chi connectivity index (χ1v) is 7.62. The third kappa shape index (κ3) is 3.01. The maximum atomic E-state index is 12.4. The smallest absolute Gasteiger partial charge is 0.227 e. The molecule has 0 aliphatic heterocycles. The summed E-state index contributed by atoms with van der Waals surface area (Å²) in [5.74, 6) is 0.0163. The van der Waals surface area contributed by atoms with Gasteiger partial charge < -0.3 is 11.1 Å². The zero-order chi connectivity index (χ0) is 14.8. The molecule has 3 N–H and O–H groups in total. The van der Waals surface area contributed by atoms with Crippen molar-refractivity contribution in [1.82, 2.24) is 4.98 Å². The fourth-order valence-corrected chi connectivity index (χ4v) is 3.15. The first kappa shape index (κ1) is 14.3. The molecule has 1 aliphatic rings. The van der Waals surface area contributed by atoms with Crippen LogP contribution in [0.25, 0.3) is 10.9 Å². The number of amides is 1. The molecule has 21 heavy (non-hydrogen) atoms. The number of nitrogens with zero attached hydrogens (tertiary/aromatic N) is 1. The Kier molecular flexibility index (Phi) is 4.08. The second-order valence-electron chi connectivity index (χ2n) is 5.61. The van der Waals surface area contributed by atoms with Crippen LogP contribution in [0.2, 0.25) is 5.02 Å². The van der Waals surface area contributed by atoms with Crippen LogP contribution in [0.5, 0.6) is 0 Å². The highest BCUT2D eigenvalue weighted by Gasteiger charge is 2.25. The highest BCUT2D eigenvalue weighted by Crippen LogP contribution is 2.30. The number of halogens is 1. The second kappa shape index (κ2) is 6.00. The van der Waals surface area contributed by atoms with Crippen molar-refractivity contribution in [1.29, 1.82) is 0 Å². The van der Waals surface area contributed by atoms with Crippen LogP contribution in [0.1, 0.15) is 25.7 Å². The molecule has 1 saturated carbocycles. The van der Waals surface area contributed by atoms with Crippen molar-refractivity contribution in [3.8, 4) is 0 Å². The number of pyridine rings is 1. The molecule has 0 spiro atoms. The fraction of sp³-hybridized carbons (Fsp3) is 0.375. The minimum Gasteiger partial charge on any atom is -0.328 e. The van der Waals surface area contributed by atoms with E-state index in [4.69, 9.17) is 17.3 Å². The Labute approximate surface area is 128 Å². The van der Waals surface area contributed by atoms with Crippen LogP contribution < -0.4 is 11.1 Å². The third-order valence-corrected chi connectivity index (χ3v) is 4.39. The molecule has 110 valence electrons. The van der Waals surface area contributed by atoms with Gasteiger partial charge in [-0.1, -0.05) is 18.0 Å². The average Bonchev–Trinajstić information content (AvgIpc) is 2.50. The number of anilines is 1. The lowest BCUT2D eigenvalue weighted by Crippen LogP contribution is -2.34. The quantitative estimate of drug-likeness (QED) is 0.894. The van der Waals surface area contributed by atoms with Gasteiger partial charge in [-0.3, -0.25) is 9.78 Å². The summed E-state index contributed by atoms with van der Waals surface area (Å²) in [5.41, 5.74) is 7.39. The van der Waals surface area contributed by atoms with Crippen LogP contribution in [0.15, 0.2) is 30.5 Å². The zero-order valence-electron chi connectivity index (χ0n) is 11.7. The third-order valence-electron chi connectivity index (χ3n) is 4.06. The molecule has 1 amide bonds. The maximum Gasteiger partial charge on any atom is 0.227 e. The summed E-state index contributed by atoms with van der Waals surface area (Å²) in [6, 6.07) is 7.46. The predicted molar refractivity (Wildman–Crippen MR) is 85.3 cm³/mol. The lowest BCUT2D eigenvalue weighted by Gasteiger charge is -2.25. The minimum atomic E-state index is -0.0109. The van der Waals surface area contributed by atoms with Crippen LogP contribution in [0.4, 0.5) is 5.69 Å². The Bertz CT molecular complexity index is 674. The Morgan fingerprint density at radius 1 is 1.33 bits per heavy atom. The van der Waals surface area contributed by atoms with Crippen LogP contribution in [0.3, 0.4) is 0 Å². The van der Waals surface area contributed by atoms with E-state index in [1.165, 1.54) is 0 Å². The van der Waals surface area contributed by atoms with Gasteiger partial charge in [0.05, 0.1) is 16.2 Å². The molecule has 0 radical (unpaired) electrons. The number of nitrogens with two attached hydrogens (primary N) is 1. The van der Waals surface area contributed by atoms with Crippen molar-refractivity contribution < 1.29 is 4.79 Å². The van der Waals surface area contributed by atoms with Gasteiger partial charge in [0.25, 0.3) is 0 Å². The topological polar surface area (TPSA) is 68.0 Å². The zero-order valence-corrected chi connectivity index (χ0v) is 12.4. The molecule has 3 rings (SSSR count). The summed E-state index contributed by atoms with van der Waals surface area (Å²) in [6.07, 6.45) is 5.38. The van der Waals surface area contributed by atoms with E-state index in [1.54, 1.807) is 18.3 Å². The summed E-state index contributed by atoms with van der Waals surface area (Å²) in [4.78, 5) is 16.7. The summed E-state index contributed by atoms with van der Waals surface area (Å²) in [6.45, 7) is 0. The van der Waals surface area contributed by atoms with Gasteiger partial charge in [-0.15, -0.1) is 0 Å². The molecule has 2 unspecified atom stereocenters. The monoisotopic (exact) mass is 303 g/mol. The van der Waals surface area contributed by atoms with Crippen molar-refractivity contribution >= 4 is 34.1 Å². The Morgan fingerprint density at radius 3 is 3.00 bits per heavy atom. The van der Waals surface area contributed by atoms with Gasteiger partial charge in [0, 0.05) is 23.5 Å². The van der Waals surface area contributed by atoms with Crippen molar-refractivity contribution in [2.45, 2.75) is 31.7 Å². The van der Waals surface area contributed by atoms with Crippen molar-refractivity contribution in [2.75, 3.05) is 5.32 Å². The summed E-state index contributed by atoms with van der Waals surface area (Å²) in [7, 11) is 0. The minimum absolute atomic E-state index is 0.0109. The maximum absolute atomic E-state index is 12.4. The van der Waals surface area contributed by atoms with E-state index < -0.39 is 0 Å². The van der Waals surface area contributed by atoms with E-state index in [-0.39, 0.29) is 17.9 Å². The molecule has 1 aliphatic carbocycles. The van der Waals surface area contributed by atoms with Gasteiger partial charge in [-0.25, -0.2) is 0 Å². The van der Waals surface area contributed by atoms with Crippen molar-refractivity contribution in [3.05, 3.63) is 35.5 Å². The number of hydrogen-bond donors (Lipinski definition) is 2. The van der Waals surface area contributed by atoms with Gasteiger partial charge in [-0.05, 0) is 43.5 Å². The number of hydrogen-bond acceptors (Lipinski definition) is 3. The second-order valence-corrected chi connectivity index (χ2v) is 6.01. The molecule has 1 heterocycles.